The van der Waals surface area contributed by atoms with Crippen molar-refractivity contribution in [3.05, 3.63) is 23.8 Å². The van der Waals surface area contributed by atoms with E-state index >= 15 is 0 Å². The van der Waals surface area contributed by atoms with Gasteiger partial charge in [0, 0.05) is 37.3 Å². The number of rotatable bonds is 6. The van der Waals surface area contributed by atoms with Crippen molar-refractivity contribution in [1.29, 1.82) is 0 Å². The van der Waals surface area contributed by atoms with Crippen LogP contribution < -0.4 is 15.4 Å². The summed E-state index contributed by atoms with van der Waals surface area (Å²) in [5.74, 6) is 1.48. The molecule has 0 amide bonds. The molecule has 0 radical (unpaired) electrons. The maximum atomic E-state index is 10.3. The van der Waals surface area contributed by atoms with Gasteiger partial charge in [0.25, 0.3) is 0 Å². The van der Waals surface area contributed by atoms with Crippen LogP contribution in [0, 0.1) is 0 Å². The topological polar surface area (TPSA) is 69.1 Å². The van der Waals surface area contributed by atoms with Gasteiger partial charge in [-0.2, -0.15) is 0 Å². The Labute approximate surface area is 169 Å². The van der Waals surface area contributed by atoms with Crippen LogP contribution in [0.4, 0.5) is 0 Å². The molecule has 0 atom stereocenters. The van der Waals surface area contributed by atoms with Crippen molar-refractivity contribution in [2.75, 3.05) is 26.7 Å². The van der Waals surface area contributed by atoms with Gasteiger partial charge in [-0.05, 0) is 38.7 Å². The molecule has 0 unspecified atom stereocenters. The van der Waals surface area contributed by atoms with Gasteiger partial charge in [-0.3, -0.25) is 0 Å². The minimum atomic E-state index is 0.172. The molecule has 3 N–H and O–H groups in total. The van der Waals surface area contributed by atoms with Gasteiger partial charge in [0.1, 0.15) is 0 Å². The number of phenols is 1. The lowest BCUT2D eigenvalue weighted by Gasteiger charge is -2.39. The number of nitrogens with one attached hydrogen (secondary N) is 2. The minimum Gasteiger partial charge on any atom is -0.504 e. The lowest BCUT2D eigenvalue weighted by molar-refractivity contribution is 0.119. The number of ether oxygens (including phenoxy) is 1. The Hall–Kier alpha value is -1.95. The molecule has 1 aromatic rings. The first-order valence-corrected chi connectivity index (χ1v) is 10.8. The molecule has 3 rings (SSSR count). The summed E-state index contributed by atoms with van der Waals surface area (Å²) in [6.07, 6.45) is 9.29. The molecule has 1 aliphatic heterocycles. The molecule has 0 bridgehead atoms. The normalized spacial score (nSPS) is 20.1. The van der Waals surface area contributed by atoms with E-state index < -0.39 is 0 Å². The Morgan fingerprint density at radius 2 is 1.93 bits per heavy atom. The van der Waals surface area contributed by atoms with E-state index in [1.807, 2.05) is 12.1 Å². The number of nitrogens with zero attached hydrogens (tertiary/aromatic N) is 2. The summed E-state index contributed by atoms with van der Waals surface area (Å²) in [6.45, 7) is 5.67. The Morgan fingerprint density at radius 3 is 2.61 bits per heavy atom. The highest BCUT2D eigenvalue weighted by molar-refractivity contribution is 5.80. The average Bonchev–Trinajstić information content (AvgIpc) is 2.74. The fraction of sp³-hybridized carbons (Fsp3) is 0.682. The summed E-state index contributed by atoms with van der Waals surface area (Å²) in [7, 11) is 1.56. The first kappa shape index (κ1) is 20.8. The fourth-order valence-electron chi connectivity index (χ4n) is 4.39. The predicted octanol–water partition coefficient (Wildman–Crippen LogP) is 3.25. The first-order chi connectivity index (χ1) is 13.7. The van der Waals surface area contributed by atoms with Crippen molar-refractivity contribution in [2.24, 2.45) is 4.99 Å². The van der Waals surface area contributed by atoms with E-state index in [0.717, 1.165) is 37.0 Å². The second kappa shape index (κ2) is 10.6. The summed E-state index contributed by atoms with van der Waals surface area (Å²) < 4.78 is 5.19. The van der Waals surface area contributed by atoms with Crippen LogP contribution in [-0.2, 0) is 6.54 Å². The average molecular weight is 389 g/mol. The van der Waals surface area contributed by atoms with E-state index in [1.54, 1.807) is 13.2 Å². The third-order valence-corrected chi connectivity index (χ3v) is 6.02. The highest BCUT2D eigenvalue weighted by Gasteiger charge is 2.26. The van der Waals surface area contributed by atoms with Crippen LogP contribution in [0.15, 0.2) is 23.2 Å². The lowest BCUT2D eigenvalue weighted by Crippen LogP contribution is -2.50. The van der Waals surface area contributed by atoms with Crippen molar-refractivity contribution in [3.63, 3.8) is 0 Å². The number of phenolic OH excluding ortho intramolecular Hbond substituents is 1. The van der Waals surface area contributed by atoms with Gasteiger partial charge in [0.05, 0.1) is 13.7 Å². The lowest BCUT2D eigenvalue weighted by atomic mass is 9.92. The first-order valence-electron chi connectivity index (χ1n) is 10.8. The number of para-hydroxylation sites is 1. The number of benzene rings is 1. The number of piperidine rings is 1. The smallest absolute Gasteiger partial charge is 0.191 e. The molecule has 6 nitrogen and oxygen atoms in total. The summed E-state index contributed by atoms with van der Waals surface area (Å²) in [5, 5.41) is 17.2. The molecule has 0 aromatic heterocycles. The second-order valence-electron chi connectivity index (χ2n) is 7.91. The van der Waals surface area contributed by atoms with Crippen LogP contribution in [0.25, 0.3) is 0 Å². The molecule has 6 heteroatoms. The number of aliphatic imine (C=N–C) groups is 1. The Bertz CT molecular complexity index is 635. The Balaban J connectivity index is 1.54. The maximum Gasteiger partial charge on any atom is 0.191 e. The predicted molar refractivity (Wildman–Crippen MR) is 114 cm³/mol. The number of guanidine groups is 1. The molecular weight excluding hydrogens is 352 g/mol. The van der Waals surface area contributed by atoms with Crippen molar-refractivity contribution in [2.45, 2.75) is 70.5 Å². The van der Waals surface area contributed by atoms with E-state index in [9.17, 15) is 5.11 Å². The molecular formula is C22H36N4O2. The third kappa shape index (κ3) is 5.53. The number of hydrogen-bond acceptors (Lipinski definition) is 4. The van der Waals surface area contributed by atoms with E-state index in [-0.39, 0.29) is 5.75 Å². The van der Waals surface area contributed by atoms with Gasteiger partial charge in [-0.1, -0.05) is 31.4 Å². The standard InChI is InChI=1S/C22H36N4O2/c1-3-23-22(24-16-17-8-7-11-20(28-2)21(17)27)25-18-12-14-26(15-13-18)19-9-5-4-6-10-19/h7-8,11,18-19,27H,3-6,9-10,12-16H2,1-2H3,(H2,23,24,25). The zero-order chi connectivity index (χ0) is 19.8. The molecule has 1 saturated heterocycles. The van der Waals surface area contributed by atoms with Crippen molar-refractivity contribution in [1.82, 2.24) is 15.5 Å². The number of likely N-dealkylation sites (tertiary alicyclic amines) is 1. The van der Waals surface area contributed by atoms with Crippen molar-refractivity contribution < 1.29 is 9.84 Å². The largest absolute Gasteiger partial charge is 0.504 e. The highest BCUT2D eigenvalue weighted by Crippen LogP contribution is 2.29. The summed E-state index contributed by atoms with van der Waals surface area (Å²) in [4.78, 5) is 7.39. The summed E-state index contributed by atoms with van der Waals surface area (Å²) >= 11 is 0. The third-order valence-electron chi connectivity index (χ3n) is 6.02. The SMILES string of the molecule is CCNC(=NCc1cccc(OC)c1O)NC1CCN(C2CCCCC2)CC1. The van der Waals surface area contributed by atoms with E-state index in [0.29, 0.717) is 18.3 Å². The molecule has 1 saturated carbocycles. The molecule has 1 aliphatic carbocycles. The zero-order valence-corrected chi connectivity index (χ0v) is 17.4. The van der Waals surface area contributed by atoms with Crippen LogP contribution in [0.2, 0.25) is 0 Å². The van der Waals surface area contributed by atoms with Crippen LogP contribution in [0.5, 0.6) is 11.5 Å². The van der Waals surface area contributed by atoms with Gasteiger partial charge < -0.3 is 25.4 Å². The van der Waals surface area contributed by atoms with Crippen LogP contribution in [0.3, 0.4) is 0 Å². The Morgan fingerprint density at radius 1 is 1.18 bits per heavy atom. The van der Waals surface area contributed by atoms with E-state index in [2.05, 4.69) is 27.4 Å². The van der Waals surface area contributed by atoms with Crippen molar-refractivity contribution in [3.8, 4) is 11.5 Å². The van der Waals surface area contributed by atoms with Gasteiger partial charge in [-0.15, -0.1) is 0 Å². The molecule has 2 aliphatic rings. The summed E-state index contributed by atoms with van der Waals surface area (Å²) in [6, 6.07) is 6.79. The van der Waals surface area contributed by atoms with Crippen molar-refractivity contribution >= 4 is 5.96 Å². The molecule has 28 heavy (non-hydrogen) atoms. The van der Waals surface area contributed by atoms with Gasteiger partial charge in [-0.25, -0.2) is 4.99 Å². The van der Waals surface area contributed by atoms with E-state index in [1.165, 1.54) is 45.2 Å². The number of methoxy groups -OCH3 is 1. The minimum absolute atomic E-state index is 0.172. The summed E-state index contributed by atoms with van der Waals surface area (Å²) in [5.41, 5.74) is 0.767. The maximum absolute atomic E-state index is 10.3. The van der Waals surface area contributed by atoms with Gasteiger partial charge in [0.2, 0.25) is 0 Å². The van der Waals surface area contributed by atoms with Crippen LogP contribution in [-0.4, -0.2) is 54.8 Å². The number of hydrogen-bond donors (Lipinski definition) is 3. The zero-order valence-electron chi connectivity index (χ0n) is 17.4. The molecule has 1 aromatic carbocycles. The van der Waals surface area contributed by atoms with Gasteiger partial charge >= 0.3 is 0 Å². The molecule has 156 valence electrons. The second-order valence-corrected chi connectivity index (χ2v) is 7.91. The van der Waals surface area contributed by atoms with Crippen LogP contribution in [0.1, 0.15) is 57.4 Å². The fourth-order valence-corrected chi connectivity index (χ4v) is 4.39. The monoisotopic (exact) mass is 388 g/mol. The molecule has 2 fully saturated rings. The highest BCUT2D eigenvalue weighted by atomic mass is 16.5. The number of aromatic hydroxyl groups is 1. The van der Waals surface area contributed by atoms with Gasteiger partial charge in [0.15, 0.2) is 17.5 Å². The Kier molecular flexibility index (Phi) is 7.83. The molecule has 0 spiro atoms. The molecule has 1 heterocycles. The van der Waals surface area contributed by atoms with Crippen LogP contribution >= 0.6 is 0 Å². The van der Waals surface area contributed by atoms with E-state index in [4.69, 9.17) is 4.74 Å². The quantitative estimate of drug-likeness (QED) is 0.516.